The highest BCUT2D eigenvalue weighted by Gasteiger charge is 2.18. The predicted octanol–water partition coefficient (Wildman–Crippen LogP) is 3.26. The number of halogens is 1. The summed E-state index contributed by atoms with van der Waals surface area (Å²) in [6.07, 6.45) is 5.03. The van der Waals surface area contributed by atoms with Crippen LogP contribution in [0.1, 0.15) is 38.2 Å². The van der Waals surface area contributed by atoms with Crippen LogP contribution in [0.3, 0.4) is 0 Å². The number of hydrogen-bond acceptors (Lipinski definition) is 2. The van der Waals surface area contributed by atoms with Crippen molar-refractivity contribution in [3.05, 3.63) is 34.9 Å². The maximum absolute atomic E-state index is 11.9. The van der Waals surface area contributed by atoms with E-state index < -0.39 is 0 Å². The van der Waals surface area contributed by atoms with Gasteiger partial charge in [0.05, 0.1) is 0 Å². The second-order valence-electron chi connectivity index (χ2n) is 5.86. The zero-order chi connectivity index (χ0) is 15.1. The van der Waals surface area contributed by atoms with Gasteiger partial charge in [-0.15, -0.1) is 0 Å². The maximum atomic E-state index is 11.9. The van der Waals surface area contributed by atoms with Gasteiger partial charge in [0, 0.05) is 24.0 Å². The van der Waals surface area contributed by atoms with Gasteiger partial charge in [0.2, 0.25) is 5.91 Å². The predicted molar refractivity (Wildman–Crippen MR) is 87.7 cm³/mol. The van der Waals surface area contributed by atoms with Crippen LogP contribution >= 0.6 is 11.6 Å². The number of rotatable bonds is 7. The lowest BCUT2D eigenvalue weighted by Gasteiger charge is -2.23. The van der Waals surface area contributed by atoms with E-state index in [0.29, 0.717) is 19.0 Å². The second-order valence-corrected chi connectivity index (χ2v) is 6.29. The van der Waals surface area contributed by atoms with Gasteiger partial charge in [-0.05, 0) is 63.4 Å². The quantitative estimate of drug-likeness (QED) is 0.838. The smallest absolute Gasteiger partial charge is 0.220 e. The van der Waals surface area contributed by atoms with Gasteiger partial charge in [-0.3, -0.25) is 4.79 Å². The summed E-state index contributed by atoms with van der Waals surface area (Å²) >= 11 is 5.85. The molecule has 0 bridgehead atoms. The molecule has 0 radical (unpaired) electrons. The molecule has 4 heteroatoms. The summed E-state index contributed by atoms with van der Waals surface area (Å²) in [5.41, 5.74) is 1.20. The minimum absolute atomic E-state index is 0.162. The second kappa shape index (κ2) is 8.40. The van der Waals surface area contributed by atoms with Gasteiger partial charge < -0.3 is 10.2 Å². The Kier molecular flexibility index (Phi) is 6.52. The fraction of sp³-hybridized carbons (Fsp3) is 0.588. The molecule has 1 heterocycles. The fourth-order valence-electron chi connectivity index (χ4n) is 2.79. The molecular weight excluding hydrogens is 284 g/mol. The van der Waals surface area contributed by atoms with E-state index in [1.807, 2.05) is 24.3 Å². The first-order valence-electron chi connectivity index (χ1n) is 7.90. The highest BCUT2D eigenvalue weighted by atomic mass is 35.5. The normalized spacial score (nSPS) is 16.9. The summed E-state index contributed by atoms with van der Waals surface area (Å²) < 4.78 is 0. The molecule has 1 N–H and O–H groups in total. The summed E-state index contributed by atoms with van der Waals surface area (Å²) in [6.45, 7) is 5.31. The number of amides is 1. The molecule has 0 aliphatic carbocycles. The third kappa shape index (κ3) is 5.68. The first-order chi connectivity index (χ1) is 10.1. The van der Waals surface area contributed by atoms with Crippen LogP contribution in [-0.4, -0.2) is 36.5 Å². The Bertz CT molecular complexity index is 441. The van der Waals surface area contributed by atoms with Crippen molar-refractivity contribution >= 4 is 17.5 Å². The van der Waals surface area contributed by atoms with Crippen LogP contribution in [0.4, 0.5) is 0 Å². The Hall–Kier alpha value is -1.06. The Labute approximate surface area is 132 Å². The number of benzene rings is 1. The number of hydrogen-bond donors (Lipinski definition) is 1. The number of nitrogens with one attached hydrogen (secondary N) is 1. The average molecular weight is 309 g/mol. The molecule has 1 aromatic rings. The van der Waals surface area contributed by atoms with Crippen molar-refractivity contribution in [1.82, 2.24) is 10.2 Å². The van der Waals surface area contributed by atoms with Crippen molar-refractivity contribution in [1.29, 1.82) is 0 Å². The molecule has 0 saturated carbocycles. The van der Waals surface area contributed by atoms with Gasteiger partial charge in [0.25, 0.3) is 0 Å². The molecule has 2 rings (SSSR count). The topological polar surface area (TPSA) is 32.3 Å². The average Bonchev–Trinajstić information content (AvgIpc) is 3.01. The third-order valence-electron chi connectivity index (χ3n) is 4.20. The van der Waals surface area contributed by atoms with E-state index in [1.54, 1.807) is 0 Å². The van der Waals surface area contributed by atoms with E-state index in [2.05, 4.69) is 17.1 Å². The van der Waals surface area contributed by atoms with E-state index in [1.165, 1.54) is 31.5 Å². The first kappa shape index (κ1) is 16.3. The van der Waals surface area contributed by atoms with Crippen molar-refractivity contribution in [2.45, 2.75) is 45.1 Å². The van der Waals surface area contributed by atoms with Gasteiger partial charge in [-0.2, -0.15) is 0 Å². The summed E-state index contributed by atoms with van der Waals surface area (Å²) in [4.78, 5) is 14.3. The third-order valence-corrected chi connectivity index (χ3v) is 4.45. The molecule has 1 saturated heterocycles. The van der Waals surface area contributed by atoms with Crippen LogP contribution < -0.4 is 5.32 Å². The lowest BCUT2D eigenvalue weighted by atomic mass is 10.1. The molecule has 3 nitrogen and oxygen atoms in total. The fourth-order valence-corrected chi connectivity index (χ4v) is 2.92. The maximum Gasteiger partial charge on any atom is 0.220 e. The van der Waals surface area contributed by atoms with Crippen LogP contribution in [0.15, 0.2) is 24.3 Å². The first-order valence-corrected chi connectivity index (χ1v) is 8.28. The molecule has 1 fully saturated rings. The van der Waals surface area contributed by atoms with Crippen LogP contribution in [0.5, 0.6) is 0 Å². The Morgan fingerprint density at radius 3 is 2.62 bits per heavy atom. The van der Waals surface area contributed by atoms with E-state index in [0.717, 1.165) is 17.9 Å². The molecule has 1 aliphatic heterocycles. The molecule has 21 heavy (non-hydrogen) atoms. The monoisotopic (exact) mass is 308 g/mol. The molecule has 0 spiro atoms. The van der Waals surface area contributed by atoms with Crippen molar-refractivity contribution in [3.8, 4) is 0 Å². The van der Waals surface area contributed by atoms with Crippen LogP contribution in [0.25, 0.3) is 0 Å². The van der Waals surface area contributed by atoms with E-state index in [9.17, 15) is 4.79 Å². The Balaban J connectivity index is 1.60. The highest BCUT2D eigenvalue weighted by molar-refractivity contribution is 6.30. The van der Waals surface area contributed by atoms with E-state index >= 15 is 0 Å². The van der Waals surface area contributed by atoms with Crippen molar-refractivity contribution < 1.29 is 4.79 Å². The van der Waals surface area contributed by atoms with Crippen LogP contribution in [0, 0.1) is 0 Å². The molecule has 0 unspecified atom stereocenters. The number of carbonyl (C=O) groups excluding carboxylic acids is 1. The van der Waals surface area contributed by atoms with E-state index in [-0.39, 0.29) is 5.91 Å². The lowest BCUT2D eigenvalue weighted by Crippen LogP contribution is -2.32. The molecule has 116 valence electrons. The molecule has 1 aliphatic rings. The molecule has 1 amide bonds. The van der Waals surface area contributed by atoms with Crippen molar-refractivity contribution in [2.75, 3.05) is 19.6 Å². The van der Waals surface area contributed by atoms with Gasteiger partial charge >= 0.3 is 0 Å². The highest BCUT2D eigenvalue weighted by Crippen LogP contribution is 2.14. The van der Waals surface area contributed by atoms with Crippen LogP contribution in [0.2, 0.25) is 5.02 Å². The van der Waals surface area contributed by atoms with Gasteiger partial charge in [-0.25, -0.2) is 0 Å². The van der Waals surface area contributed by atoms with Gasteiger partial charge in [-0.1, -0.05) is 23.7 Å². The number of nitrogens with zero attached hydrogens (tertiary/aromatic N) is 1. The molecule has 1 atom stereocenters. The Morgan fingerprint density at radius 2 is 1.95 bits per heavy atom. The lowest BCUT2D eigenvalue weighted by molar-refractivity contribution is -0.121. The minimum Gasteiger partial charge on any atom is -0.356 e. The zero-order valence-corrected chi connectivity index (χ0v) is 13.5. The SMILES string of the molecule is C[C@H](CCC(=O)NCCc1ccc(Cl)cc1)N1CCCC1. The van der Waals surface area contributed by atoms with Gasteiger partial charge in [0.15, 0.2) is 0 Å². The number of carbonyl (C=O) groups is 1. The summed E-state index contributed by atoms with van der Waals surface area (Å²) in [5, 5.41) is 3.75. The standard InChI is InChI=1S/C17H25ClN2O/c1-14(20-12-2-3-13-20)4-9-17(21)19-11-10-15-5-7-16(18)8-6-15/h5-8,14H,2-4,9-13H2,1H3,(H,19,21)/t14-/m1/s1. The van der Waals surface area contributed by atoms with E-state index in [4.69, 9.17) is 11.6 Å². The summed E-state index contributed by atoms with van der Waals surface area (Å²) in [6, 6.07) is 8.30. The van der Waals surface area contributed by atoms with Crippen LogP contribution in [-0.2, 0) is 11.2 Å². The zero-order valence-electron chi connectivity index (χ0n) is 12.8. The Morgan fingerprint density at radius 1 is 1.29 bits per heavy atom. The molecular formula is C17H25ClN2O. The summed E-state index contributed by atoms with van der Waals surface area (Å²) in [7, 11) is 0. The summed E-state index contributed by atoms with van der Waals surface area (Å²) in [5.74, 6) is 0.162. The minimum atomic E-state index is 0.162. The molecule has 1 aromatic carbocycles. The largest absolute Gasteiger partial charge is 0.356 e. The van der Waals surface area contributed by atoms with Crippen molar-refractivity contribution in [2.24, 2.45) is 0 Å². The number of likely N-dealkylation sites (tertiary alicyclic amines) is 1. The van der Waals surface area contributed by atoms with Gasteiger partial charge in [0.1, 0.15) is 0 Å². The molecule has 0 aromatic heterocycles. The van der Waals surface area contributed by atoms with Crippen molar-refractivity contribution in [3.63, 3.8) is 0 Å².